The third-order valence-electron chi connectivity index (χ3n) is 1.78. The molecule has 1 saturated heterocycles. The number of piperidine rings is 1. The number of amides is 2. The molecule has 0 aromatic carbocycles. The molecule has 1 fully saturated rings. The first-order valence-electron chi connectivity index (χ1n) is 3.52. The minimum absolute atomic E-state index is 0.0118. The molecule has 0 bridgehead atoms. The molecule has 0 saturated carbocycles. The van der Waals surface area contributed by atoms with Crippen LogP contribution in [-0.4, -0.2) is 11.8 Å². The number of hydrogen-bond acceptors (Lipinski definition) is 2. The van der Waals surface area contributed by atoms with Gasteiger partial charge in [0.15, 0.2) is 0 Å². The number of carbonyl (C=O) groups excluding carboxylic acids is 2. The SMILES string of the molecule is CCC1CCC(=O)[N]C1=O. The summed E-state index contributed by atoms with van der Waals surface area (Å²) in [6.07, 6.45) is 1.94. The van der Waals surface area contributed by atoms with Crippen LogP contribution < -0.4 is 5.32 Å². The maximum atomic E-state index is 10.8. The maximum Gasteiger partial charge on any atom is 0.251 e. The van der Waals surface area contributed by atoms with Gasteiger partial charge in [0.05, 0.1) is 0 Å². The first-order chi connectivity index (χ1) is 4.74. The van der Waals surface area contributed by atoms with E-state index >= 15 is 0 Å². The van der Waals surface area contributed by atoms with E-state index in [-0.39, 0.29) is 17.7 Å². The Bertz CT molecular complexity index is 165. The van der Waals surface area contributed by atoms with Gasteiger partial charge in [0.2, 0.25) is 5.91 Å². The van der Waals surface area contributed by atoms with Gasteiger partial charge in [-0.05, 0) is 12.8 Å². The Kier molecular flexibility index (Phi) is 2.04. The third kappa shape index (κ3) is 1.35. The van der Waals surface area contributed by atoms with E-state index < -0.39 is 0 Å². The summed E-state index contributed by atoms with van der Waals surface area (Å²) < 4.78 is 0. The molecule has 0 N–H and O–H groups in total. The van der Waals surface area contributed by atoms with Gasteiger partial charge in [-0.15, -0.1) is 0 Å². The molecule has 2 amide bonds. The molecule has 10 heavy (non-hydrogen) atoms. The molecule has 0 aliphatic carbocycles. The monoisotopic (exact) mass is 140 g/mol. The second-order valence-electron chi connectivity index (χ2n) is 2.49. The first kappa shape index (κ1) is 7.25. The second-order valence-corrected chi connectivity index (χ2v) is 2.49. The molecule has 1 rings (SSSR count). The van der Waals surface area contributed by atoms with Crippen molar-refractivity contribution in [2.45, 2.75) is 26.2 Å². The van der Waals surface area contributed by atoms with E-state index in [9.17, 15) is 9.59 Å². The van der Waals surface area contributed by atoms with Gasteiger partial charge in [-0.1, -0.05) is 6.92 Å². The highest BCUT2D eigenvalue weighted by Crippen LogP contribution is 2.15. The molecule has 0 aromatic heterocycles. The van der Waals surface area contributed by atoms with Crippen LogP contribution in [0.2, 0.25) is 0 Å². The van der Waals surface area contributed by atoms with Crippen LogP contribution in [0.25, 0.3) is 0 Å². The van der Waals surface area contributed by atoms with E-state index in [0.29, 0.717) is 12.8 Å². The molecule has 3 nitrogen and oxygen atoms in total. The van der Waals surface area contributed by atoms with E-state index in [4.69, 9.17) is 0 Å². The topological polar surface area (TPSA) is 48.2 Å². The number of carbonyl (C=O) groups is 2. The molecular formula is C7H10NO2. The number of hydrogen-bond donors (Lipinski definition) is 0. The Balaban J connectivity index is 2.51. The molecule has 1 heterocycles. The van der Waals surface area contributed by atoms with Gasteiger partial charge in [-0.25, -0.2) is 0 Å². The Morgan fingerprint density at radius 2 is 2.30 bits per heavy atom. The minimum Gasteiger partial charge on any atom is -0.273 e. The fourth-order valence-corrected chi connectivity index (χ4v) is 1.07. The van der Waals surface area contributed by atoms with Crippen molar-refractivity contribution in [2.75, 3.05) is 0 Å². The lowest BCUT2D eigenvalue weighted by Crippen LogP contribution is -2.34. The summed E-state index contributed by atoms with van der Waals surface area (Å²) in [6.45, 7) is 1.94. The van der Waals surface area contributed by atoms with Crippen molar-refractivity contribution in [3.63, 3.8) is 0 Å². The van der Waals surface area contributed by atoms with Crippen molar-refractivity contribution in [1.29, 1.82) is 0 Å². The Morgan fingerprint density at radius 1 is 1.60 bits per heavy atom. The van der Waals surface area contributed by atoms with E-state index in [1.807, 2.05) is 6.92 Å². The quantitative estimate of drug-likeness (QED) is 0.497. The van der Waals surface area contributed by atoms with Crippen molar-refractivity contribution >= 4 is 11.8 Å². The summed E-state index contributed by atoms with van der Waals surface area (Å²) in [6, 6.07) is 0. The molecule has 1 radical (unpaired) electrons. The van der Waals surface area contributed by atoms with Crippen LogP contribution in [0.4, 0.5) is 0 Å². The van der Waals surface area contributed by atoms with Crippen molar-refractivity contribution in [3.05, 3.63) is 0 Å². The van der Waals surface area contributed by atoms with Crippen molar-refractivity contribution in [2.24, 2.45) is 5.92 Å². The van der Waals surface area contributed by atoms with Crippen LogP contribution in [0, 0.1) is 5.92 Å². The average molecular weight is 140 g/mol. The highest BCUT2D eigenvalue weighted by Gasteiger charge is 2.26. The largest absolute Gasteiger partial charge is 0.273 e. The summed E-state index contributed by atoms with van der Waals surface area (Å²) in [7, 11) is 0. The van der Waals surface area contributed by atoms with Crippen LogP contribution in [0.15, 0.2) is 0 Å². The van der Waals surface area contributed by atoms with Gasteiger partial charge in [0.1, 0.15) is 0 Å². The summed E-state index contributed by atoms with van der Waals surface area (Å²) in [5, 5.41) is 3.36. The zero-order valence-electron chi connectivity index (χ0n) is 5.96. The van der Waals surface area contributed by atoms with Crippen molar-refractivity contribution in [1.82, 2.24) is 5.32 Å². The molecule has 1 atom stereocenters. The molecule has 55 valence electrons. The summed E-state index contributed by atoms with van der Waals surface area (Å²) >= 11 is 0. The van der Waals surface area contributed by atoms with Crippen molar-refractivity contribution in [3.8, 4) is 0 Å². The predicted molar refractivity (Wildman–Crippen MR) is 35.2 cm³/mol. The van der Waals surface area contributed by atoms with Crippen molar-refractivity contribution < 1.29 is 9.59 Å². The zero-order chi connectivity index (χ0) is 7.56. The molecule has 3 heteroatoms. The smallest absolute Gasteiger partial charge is 0.251 e. The summed E-state index contributed by atoms with van der Waals surface area (Å²) in [5.74, 6) is -0.467. The maximum absolute atomic E-state index is 10.8. The molecular weight excluding hydrogens is 130 g/mol. The zero-order valence-corrected chi connectivity index (χ0v) is 5.96. The number of imide groups is 1. The summed E-state index contributed by atoms with van der Waals surface area (Å²) in [5.41, 5.74) is 0. The standard InChI is InChI=1S/C7H10NO2/c1-2-5-3-4-6(9)8-7(5)10/h5H,2-4H2,1H3. The lowest BCUT2D eigenvalue weighted by atomic mass is 9.96. The number of rotatable bonds is 1. The van der Waals surface area contributed by atoms with Crippen LogP contribution in [0.5, 0.6) is 0 Å². The normalized spacial score (nSPS) is 26.3. The Hall–Kier alpha value is -0.860. The van der Waals surface area contributed by atoms with Gasteiger partial charge in [-0.3, -0.25) is 9.59 Å². The van der Waals surface area contributed by atoms with E-state index in [1.54, 1.807) is 0 Å². The fraction of sp³-hybridized carbons (Fsp3) is 0.714. The second kappa shape index (κ2) is 2.82. The Labute approximate surface area is 59.8 Å². The number of nitrogens with zero attached hydrogens (tertiary/aromatic N) is 1. The molecule has 0 spiro atoms. The average Bonchev–Trinajstić information content (AvgIpc) is 1.88. The van der Waals surface area contributed by atoms with Gasteiger partial charge >= 0.3 is 0 Å². The van der Waals surface area contributed by atoms with Crippen LogP contribution in [0.1, 0.15) is 26.2 Å². The van der Waals surface area contributed by atoms with Gasteiger partial charge in [0, 0.05) is 12.3 Å². The van der Waals surface area contributed by atoms with Gasteiger partial charge in [0.25, 0.3) is 5.91 Å². The third-order valence-corrected chi connectivity index (χ3v) is 1.78. The molecule has 1 unspecified atom stereocenters. The molecule has 0 aromatic rings. The van der Waals surface area contributed by atoms with E-state index in [1.165, 1.54) is 0 Å². The first-order valence-corrected chi connectivity index (χ1v) is 3.52. The van der Waals surface area contributed by atoms with Crippen LogP contribution in [-0.2, 0) is 9.59 Å². The molecule has 1 aliphatic rings. The fourth-order valence-electron chi connectivity index (χ4n) is 1.07. The van der Waals surface area contributed by atoms with E-state index in [0.717, 1.165) is 6.42 Å². The highest BCUT2D eigenvalue weighted by molar-refractivity contribution is 5.98. The van der Waals surface area contributed by atoms with Gasteiger partial charge < -0.3 is 0 Å². The van der Waals surface area contributed by atoms with E-state index in [2.05, 4.69) is 5.32 Å². The lowest BCUT2D eigenvalue weighted by Gasteiger charge is -2.16. The lowest BCUT2D eigenvalue weighted by molar-refractivity contribution is -0.136. The highest BCUT2D eigenvalue weighted by atomic mass is 16.2. The Morgan fingerprint density at radius 3 is 2.80 bits per heavy atom. The molecule has 1 aliphatic heterocycles. The van der Waals surface area contributed by atoms with Crippen LogP contribution >= 0.6 is 0 Å². The predicted octanol–water partition coefficient (Wildman–Crippen LogP) is 0.464. The van der Waals surface area contributed by atoms with Gasteiger partial charge in [-0.2, -0.15) is 5.32 Å². The summed E-state index contributed by atoms with van der Waals surface area (Å²) in [4.78, 5) is 21.4. The minimum atomic E-state index is -0.255. The van der Waals surface area contributed by atoms with Crippen LogP contribution in [0.3, 0.4) is 0 Å².